The molecule has 0 saturated carbocycles. The first kappa shape index (κ1) is 22.8. The van der Waals surface area contributed by atoms with Crippen molar-refractivity contribution >= 4 is 17.5 Å². The predicted octanol–water partition coefficient (Wildman–Crippen LogP) is 2.55. The van der Waals surface area contributed by atoms with Crippen molar-refractivity contribution in [2.75, 3.05) is 46.9 Å². The molecule has 1 unspecified atom stereocenters. The van der Waals surface area contributed by atoms with Gasteiger partial charge in [0, 0.05) is 39.5 Å². The van der Waals surface area contributed by atoms with Gasteiger partial charge in [-0.05, 0) is 47.5 Å². The second-order valence-electron chi connectivity index (χ2n) is 8.29. The summed E-state index contributed by atoms with van der Waals surface area (Å²) in [6, 6.07) is 15.4. The van der Waals surface area contributed by atoms with E-state index < -0.39 is 0 Å². The lowest BCUT2D eigenvalue weighted by Crippen LogP contribution is -2.50. The molecule has 1 fully saturated rings. The SMILES string of the molecule is COc1ccc(C2=NN(C(=O)CN3CCN(C(C)=O)CC3)C(c3ccc(OC)cc3)C2)cc1. The maximum atomic E-state index is 13.4. The van der Waals surface area contributed by atoms with Crippen molar-refractivity contribution in [3.63, 3.8) is 0 Å². The molecule has 0 spiro atoms. The maximum absolute atomic E-state index is 13.4. The van der Waals surface area contributed by atoms with E-state index in [1.807, 2.05) is 53.4 Å². The van der Waals surface area contributed by atoms with Crippen LogP contribution in [0.15, 0.2) is 53.6 Å². The number of rotatable bonds is 6. The number of piperazine rings is 1. The van der Waals surface area contributed by atoms with Gasteiger partial charge in [-0.2, -0.15) is 5.10 Å². The molecule has 0 radical (unpaired) electrons. The fourth-order valence-electron chi connectivity index (χ4n) is 4.27. The van der Waals surface area contributed by atoms with Gasteiger partial charge in [0.2, 0.25) is 5.91 Å². The Labute approximate surface area is 194 Å². The van der Waals surface area contributed by atoms with Gasteiger partial charge >= 0.3 is 0 Å². The van der Waals surface area contributed by atoms with Crippen LogP contribution in [0, 0.1) is 0 Å². The average Bonchev–Trinajstić information content (AvgIpc) is 3.30. The average molecular weight is 451 g/mol. The Morgan fingerprint density at radius 1 is 0.909 bits per heavy atom. The van der Waals surface area contributed by atoms with E-state index in [1.165, 1.54) is 0 Å². The Morgan fingerprint density at radius 3 is 2.03 bits per heavy atom. The number of ether oxygens (including phenoxy) is 2. The van der Waals surface area contributed by atoms with E-state index >= 15 is 0 Å². The van der Waals surface area contributed by atoms with E-state index in [4.69, 9.17) is 14.6 Å². The first-order valence-electron chi connectivity index (χ1n) is 11.1. The Hall–Kier alpha value is -3.39. The molecule has 0 aromatic heterocycles. The van der Waals surface area contributed by atoms with Gasteiger partial charge in [0.05, 0.1) is 32.5 Å². The van der Waals surface area contributed by atoms with Crippen LogP contribution in [0.1, 0.15) is 30.5 Å². The number of carbonyl (C=O) groups excluding carboxylic acids is 2. The molecule has 33 heavy (non-hydrogen) atoms. The molecular formula is C25H30N4O4. The van der Waals surface area contributed by atoms with Crippen molar-refractivity contribution in [3.8, 4) is 11.5 Å². The fraction of sp³-hybridized carbons (Fsp3) is 0.400. The molecule has 4 rings (SSSR count). The van der Waals surface area contributed by atoms with Gasteiger partial charge in [-0.25, -0.2) is 5.01 Å². The molecule has 1 saturated heterocycles. The van der Waals surface area contributed by atoms with Crippen LogP contribution in [-0.2, 0) is 9.59 Å². The van der Waals surface area contributed by atoms with Crippen molar-refractivity contribution in [1.82, 2.24) is 14.8 Å². The zero-order chi connectivity index (χ0) is 23.4. The normalized spacial score (nSPS) is 18.8. The number of nitrogens with zero attached hydrogens (tertiary/aromatic N) is 4. The van der Waals surface area contributed by atoms with Crippen molar-refractivity contribution in [1.29, 1.82) is 0 Å². The molecule has 0 bridgehead atoms. The molecule has 8 heteroatoms. The molecule has 2 aliphatic heterocycles. The standard InChI is InChI=1S/C25H30N4O4/c1-18(30)28-14-12-27(13-15-28)17-25(31)29-24(20-6-10-22(33-3)11-7-20)16-23(26-29)19-4-8-21(32-2)9-5-19/h4-11,24H,12-17H2,1-3H3. The molecular weight excluding hydrogens is 420 g/mol. The largest absolute Gasteiger partial charge is 0.497 e. The summed E-state index contributed by atoms with van der Waals surface area (Å²) in [6.45, 7) is 4.51. The van der Waals surface area contributed by atoms with Crippen LogP contribution < -0.4 is 9.47 Å². The summed E-state index contributed by atoms with van der Waals surface area (Å²) in [6.07, 6.45) is 0.627. The number of amides is 2. The zero-order valence-electron chi connectivity index (χ0n) is 19.4. The van der Waals surface area contributed by atoms with E-state index in [-0.39, 0.29) is 24.4 Å². The third kappa shape index (κ3) is 5.17. The molecule has 0 aliphatic carbocycles. The van der Waals surface area contributed by atoms with Gasteiger partial charge in [-0.3, -0.25) is 14.5 Å². The quantitative estimate of drug-likeness (QED) is 0.676. The van der Waals surface area contributed by atoms with Crippen molar-refractivity contribution < 1.29 is 19.1 Å². The summed E-state index contributed by atoms with van der Waals surface area (Å²) in [5.41, 5.74) is 2.85. The molecule has 1 atom stereocenters. The highest BCUT2D eigenvalue weighted by atomic mass is 16.5. The smallest absolute Gasteiger partial charge is 0.257 e. The third-order valence-corrected chi connectivity index (χ3v) is 6.27. The summed E-state index contributed by atoms with van der Waals surface area (Å²) in [5, 5.41) is 6.38. The molecule has 2 aliphatic rings. The third-order valence-electron chi connectivity index (χ3n) is 6.27. The van der Waals surface area contributed by atoms with Crippen LogP contribution in [0.3, 0.4) is 0 Å². The number of methoxy groups -OCH3 is 2. The summed E-state index contributed by atoms with van der Waals surface area (Å²) < 4.78 is 10.6. The van der Waals surface area contributed by atoms with Crippen LogP contribution in [0.4, 0.5) is 0 Å². The number of benzene rings is 2. The highest BCUT2D eigenvalue weighted by Gasteiger charge is 2.34. The van der Waals surface area contributed by atoms with Crippen molar-refractivity contribution in [2.45, 2.75) is 19.4 Å². The molecule has 174 valence electrons. The highest BCUT2D eigenvalue weighted by Crippen LogP contribution is 2.34. The summed E-state index contributed by atoms with van der Waals surface area (Å²) in [4.78, 5) is 28.9. The van der Waals surface area contributed by atoms with Gasteiger partial charge in [0.15, 0.2) is 0 Å². The molecule has 2 aromatic rings. The lowest BCUT2D eigenvalue weighted by Gasteiger charge is -2.34. The van der Waals surface area contributed by atoms with Crippen LogP contribution in [0.25, 0.3) is 0 Å². The summed E-state index contributed by atoms with van der Waals surface area (Å²) in [7, 11) is 3.27. The monoisotopic (exact) mass is 450 g/mol. The van der Waals surface area contributed by atoms with Gasteiger partial charge in [0.1, 0.15) is 11.5 Å². The van der Waals surface area contributed by atoms with Gasteiger partial charge in [0.25, 0.3) is 5.91 Å². The van der Waals surface area contributed by atoms with Gasteiger partial charge in [-0.15, -0.1) is 0 Å². The molecule has 8 nitrogen and oxygen atoms in total. The van der Waals surface area contributed by atoms with Crippen LogP contribution in [0.2, 0.25) is 0 Å². The van der Waals surface area contributed by atoms with E-state index in [0.29, 0.717) is 32.6 Å². The van der Waals surface area contributed by atoms with Crippen molar-refractivity contribution in [2.24, 2.45) is 5.10 Å². The first-order valence-corrected chi connectivity index (χ1v) is 11.1. The Kier molecular flexibility index (Phi) is 6.93. The lowest BCUT2D eigenvalue weighted by molar-refractivity contribution is -0.135. The number of hydrazone groups is 1. The molecule has 0 N–H and O–H groups in total. The van der Waals surface area contributed by atoms with Crippen LogP contribution >= 0.6 is 0 Å². The van der Waals surface area contributed by atoms with Crippen LogP contribution in [-0.4, -0.2) is 79.3 Å². The Balaban J connectivity index is 1.53. The second-order valence-corrected chi connectivity index (χ2v) is 8.29. The molecule has 2 heterocycles. The zero-order valence-corrected chi connectivity index (χ0v) is 19.4. The number of hydrogen-bond donors (Lipinski definition) is 0. The van der Waals surface area contributed by atoms with E-state index in [0.717, 1.165) is 28.3 Å². The first-order chi connectivity index (χ1) is 16.0. The van der Waals surface area contributed by atoms with Gasteiger partial charge < -0.3 is 14.4 Å². The topological polar surface area (TPSA) is 74.7 Å². The second kappa shape index (κ2) is 10.0. The summed E-state index contributed by atoms with van der Waals surface area (Å²) >= 11 is 0. The van der Waals surface area contributed by atoms with Crippen LogP contribution in [0.5, 0.6) is 11.5 Å². The number of carbonyl (C=O) groups is 2. The van der Waals surface area contributed by atoms with E-state index in [2.05, 4.69) is 4.90 Å². The molecule has 2 aromatic carbocycles. The lowest BCUT2D eigenvalue weighted by atomic mass is 9.98. The predicted molar refractivity (Wildman–Crippen MR) is 125 cm³/mol. The van der Waals surface area contributed by atoms with Gasteiger partial charge in [-0.1, -0.05) is 12.1 Å². The minimum absolute atomic E-state index is 0.0457. The summed E-state index contributed by atoms with van der Waals surface area (Å²) in [5.74, 6) is 1.58. The molecule has 2 amide bonds. The fourth-order valence-corrected chi connectivity index (χ4v) is 4.27. The minimum Gasteiger partial charge on any atom is -0.497 e. The number of hydrogen-bond acceptors (Lipinski definition) is 6. The Morgan fingerprint density at radius 2 is 1.48 bits per heavy atom. The van der Waals surface area contributed by atoms with E-state index in [9.17, 15) is 9.59 Å². The highest BCUT2D eigenvalue weighted by molar-refractivity contribution is 6.03. The Bertz CT molecular complexity index is 1010. The van der Waals surface area contributed by atoms with Crippen molar-refractivity contribution in [3.05, 3.63) is 59.7 Å². The maximum Gasteiger partial charge on any atom is 0.257 e. The minimum atomic E-state index is -0.181. The van der Waals surface area contributed by atoms with E-state index in [1.54, 1.807) is 26.2 Å².